The third-order valence-electron chi connectivity index (χ3n) is 3.85. The number of fused-ring (bicyclic) bond motifs is 1. The van der Waals surface area contributed by atoms with Crippen LogP contribution in [0.2, 0.25) is 0 Å². The highest BCUT2D eigenvalue weighted by molar-refractivity contribution is 7.15. The zero-order chi connectivity index (χ0) is 14.2. The molecule has 1 atom stereocenters. The second-order valence-electron chi connectivity index (χ2n) is 6.12. The van der Waals surface area contributed by atoms with Gasteiger partial charge in [-0.15, -0.1) is 11.3 Å². The molecular weight excluding hydrogens is 256 g/mol. The van der Waals surface area contributed by atoms with Gasteiger partial charge in [-0.05, 0) is 19.4 Å². The fourth-order valence-electron chi connectivity index (χ4n) is 2.20. The van der Waals surface area contributed by atoms with Gasteiger partial charge in [0.25, 0.3) is 0 Å². The lowest BCUT2D eigenvalue weighted by molar-refractivity contribution is 0.328. The van der Waals surface area contributed by atoms with Crippen molar-refractivity contribution in [2.45, 2.75) is 40.3 Å². The van der Waals surface area contributed by atoms with Crippen LogP contribution in [0.5, 0.6) is 0 Å². The molecule has 0 saturated heterocycles. The number of nitrogens with one attached hydrogen (secondary N) is 1. The van der Waals surface area contributed by atoms with E-state index < -0.39 is 0 Å². The lowest BCUT2D eigenvalue weighted by atomic mass is 9.87. The maximum Gasteiger partial charge on any atom is 0.195 e. The minimum Gasteiger partial charge on any atom is -0.355 e. The van der Waals surface area contributed by atoms with Crippen molar-refractivity contribution in [2.75, 3.05) is 19.0 Å². The van der Waals surface area contributed by atoms with Gasteiger partial charge < -0.3 is 10.2 Å². The van der Waals surface area contributed by atoms with E-state index in [0.717, 1.165) is 17.3 Å². The third kappa shape index (κ3) is 2.62. The number of rotatable bonds is 4. The van der Waals surface area contributed by atoms with Crippen molar-refractivity contribution in [3.63, 3.8) is 0 Å². The first-order valence-corrected chi connectivity index (χ1v) is 7.56. The maximum absolute atomic E-state index is 4.79. The Morgan fingerprint density at radius 1 is 1.47 bits per heavy atom. The fourth-order valence-corrected chi connectivity index (χ4v) is 2.93. The molecule has 0 aliphatic rings. The monoisotopic (exact) mass is 280 g/mol. The van der Waals surface area contributed by atoms with Gasteiger partial charge in [0.15, 0.2) is 10.8 Å². The molecule has 1 N–H and O–H groups in total. The number of imidazole rings is 1. The SMILES string of the molecule is CNCc1c(N(C)C(C)C(C)(C)C)nc2sccn12. The van der Waals surface area contributed by atoms with Crippen molar-refractivity contribution < 1.29 is 0 Å². The number of aromatic nitrogens is 2. The zero-order valence-electron chi connectivity index (χ0n) is 12.7. The maximum atomic E-state index is 4.79. The Morgan fingerprint density at radius 2 is 2.16 bits per heavy atom. The van der Waals surface area contributed by atoms with Gasteiger partial charge >= 0.3 is 0 Å². The lowest BCUT2D eigenvalue weighted by Gasteiger charge is -2.36. The molecule has 19 heavy (non-hydrogen) atoms. The van der Waals surface area contributed by atoms with Crippen LogP contribution in [-0.4, -0.2) is 29.5 Å². The van der Waals surface area contributed by atoms with E-state index in [1.165, 1.54) is 5.69 Å². The summed E-state index contributed by atoms with van der Waals surface area (Å²) >= 11 is 1.68. The highest BCUT2D eigenvalue weighted by Gasteiger charge is 2.27. The standard InChI is InChI=1S/C14H24N4S/c1-10(14(2,3)4)17(6)12-11(9-15-5)18-7-8-19-13(18)16-12/h7-8,10,15H,9H2,1-6H3. The molecule has 0 bridgehead atoms. The topological polar surface area (TPSA) is 32.6 Å². The van der Waals surface area contributed by atoms with Crippen LogP contribution in [-0.2, 0) is 6.54 Å². The first-order chi connectivity index (χ1) is 8.86. The van der Waals surface area contributed by atoms with E-state index in [-0.39, 0.29) is 5.41 Å². The lowest BCUT2D eigenvalue weighted by Crippen LogP contribution is -2.40. The molecule has 4 nitrogen and oxygen atoms in total. The molecule has 0 fully saturated rings. The smallest absolute Gasteiger partial charge is 0.195 e. The third-order valence-corrected chi connectivity index (χ3v) is 4.61. The Labute approximate surface area is 119 Å². The average Bonchev–Trinajstić information content (AvgIpc) is 2.89. The molecule has 0 aliphatic heterocycles. The van der Waals surface area contributed by atoms with E-state index in [2.05, 4.69) is 60.9 Å². The van der Waals surface area contributed by atoms with E-state index in [1.54, 1.807) is 11.3 Å². The molecule has 5 heteroatoms. The quantitative estimate of drug-likeness (QED) is 0.934. The highest BCUT2D eigenvalue weighted by Crippen LogP contribution is 2.30. The fraction of sp³-hybridized carbons (Fsp3) is 0.643. The first kappa shape index (κ1) is 14.3. The minimum absolute atomic E-state index is 0.225. The summed E-state index contributed by atoms with van der Waals surface area (Å²) in [6, 6.07) is 0.424. The normalized spacial score (nSPS) is 14.0. The number of nitrogens with zero attached hydrogens (tertiary/aromatic N) is 3. The van der Waals surface area contributed by atoms with E-state index in [4.69, 9.17) is 4.98 Å². The van der Waals surface area contributed by atoms with Crippen LogP contribution in [0.1, 0.15) is 33.4 Å². The van der Waals surface area contributed by atoms with E-state index in [1.807, 2.05) is 7.05 Å². The summed E-state index contributed by atoms with van der Waals surface area (Å²) in [6.07, 6.45) is 2.10. The second kappa shape index (κ2) is 5.13. The number of hydrogen-bond donors (Lipinski definition) is 1. The highest BCUT2D eigenvalue weighted by atomic mass is 32.1. The summed E-state index contributed by atoms with van der Waals surface area (Å²) < 4.78 is 2.18. The summed E-state index contributed by atoms with van der Waals surface area (Å²) in [5.74, 6) is 1.09. The second-order valence-corrected chi connectivity index (χ2v) is 6.99. The van der Waals surface area contributed by atoms with Crippen LogP contribution < -0.4 is 10.2 Å². The largest absolute Gasteiger partial charge is 0.355 e. The van der Waals surface area contributed by atoms with Gasteiger partial charge in [-0.2, -0.15) is 0 Å². The molecule has 0 amide bonds. The number of hydrogen-bond acceptors (Lipinski definition) is 4. The van der Waals surface area contributed by atoms with Gasteiger partial charge in [0.1, 0.15) is 0 Å². The molecule has 106 valence electrons. The molecule has 0 aromatic carbocycles. The first-order valence-electron chi connectivity index (χ1n) is 6.68. The molecule has 0 aliphatic carbocycles. The Balaban J connectivity index is 2.43. The van der Waals surface area contributed by atoms with Gasteiger partial charge in [-0.1, -0.05) is 20.8 Å². The summed E-state index contributed by atoms with van der Waals surface area (Å²) in [5, 5.41) is 5.32. The molecule has 2 rings (SSSR count). The van der Waals surface area contributed by atoms with Crippen molar-refractivity contribution in [3.05, 3.63) is 17.3 Å². The van der Waals surface area contributed by atoms with Crippen molar-refractivity contribution in [3.8, 4) is 0 Å². The van der Waals surface area contributed by atoms with Crippen molar-refractivity contribution in [1.82, 2.24) is 14.7 Å². The summed E-state index contributed by atoms with van der Waals surface area (Å²) in [6.45, 7) is 9.89. The summed E-state index contributed by atoms with van der Waals surface area (Å²) in [7, 11) is 4.12. The molecule has 2 heterocycles. The molecule has 0 radical (unpaired) electrons. The molecule has 2 aromatic rings. The van der Waals surface area contributed by atoms with Gasteiger partial charge in [-0.3, -0.25) is 4.40 Å². The Morgan fingerprint density at radius 3 is 2.74 bits per heavy atom. The van der Waals surface area contributed by atoms with Crippen LogP contribution in [0.3, 0.4) is 0 Å². The Kier molecular flexibility index (Phi) is 3.87. The molecule has 1 unspecified atom stereocenters. The molecule has 2 aromatic heterocycles. The summed E-state index contributed by atoms with van der Waals surface area (Å²) in [4.78, 5) is 8.15. The van der Waals surface area contributed by atoms with Crippen molar-refractivity contribution >= 4 is 22.1 Å². The van der Waals surface area contributed by atoms with Gasteiger partial charge in [0.05, 0.1) is 5.69 Å². The predicted octanol–water partition coefficient (Wildman–Crippen LogP) is 2.99. The average molecular weight is 280 g/mol. The molecule has 0 spiro atoms. The number of thiazole rings is 1. The van der Waals surface area contributed by atoms with Gasteiger partial charge in [-0.25, -0.2) is 4.98 Å². The predicted molar refractivity (Wildman–Crippen MR) is 83.2 cm³/mol. The minimum atomic E-state index is 0.225. The zero-order valence-corrected chi connectivity index (χ0v) is 13.5. The Bertz CT molecular complexity index is 549. The van der Waals surface area contributed by atoms with Crippen LogP contribution in [0.4, 0.5) is 5.82 Å². The van der Waals surface area contributed by atoms with Gasteiger partial charge in [0, 0.05) is 31.2 Å². The van der Waals surface area contributed by atoms with Crippen molar-refractivity contribution in [1.29, 1.82) is 0 Å². The molecule has 0 saturated carbocycles. The van der Waals surface area contributed by atoms with Crippen LogP contribution in [0.15, 0.2) is 11.6 Å². The van der Waals surface area contributed by atoms with E-state index in [0.29, 0.717) is 6.04 Å². The van der Waals surface area contributed by atoms with Gasteiger partial charge in [0.2, 0.25) is 0 Å². The molecular formula is C14H24N4S. The van der Waals surface area contributed by atoms with Crippen LogP contribution >= 0.6 is 11.3 Å². The number of anilines is 1. The van der Waals surface area contributed by atoms with Crippen LogP contribution in [0, 0.1) is 5.41 Å². The summed E-state index contributed by atoms with van der Waals surface area (Å²) in [5.41, 5.74) is 1.46. The van der Waals surface area contributed by atoms with Crippen molar-refractivity contribution in [2.24, 2.45) is 5.41 Å². The Hall–Kier alpha value is -1.07. The van der Waals surface area contributed by atoms with E-state index >= 15 is 0 Å². The van der Waals surface area contributed by atoms with Crippen LogP contribution in [0.25, 0.3) is 4.96 Å². The van der Waals surface area contributed by atoms with E-state index in [9.17, 15) is 0 Å².